The summed E-state index contributed by atoms with van der Waals surface area (Å²) < 4.78 is 6.18. The number of aromatic amines is 1. The lowest BCUT2D eigenvalue weighted by molar-refractivity contribution is 0.0823. The van der Waals surface area contributed by atoms with Crippen molar-refractivity contribution in [2.75, 3.05) is 21.2 Å². The number of ether oxygens (including phenoxy) is 1. The van der Waals surface area contributed by atoms with Crippen LogP contribution in [0.4, 0.5) is 0 Å². The number of carbonyl (C=O) groups is 1. The zero-order valence-electron chi connectivity index (χ0n) is 9.87. The van der Waals surface area contributed by atoms with Crippen LogP contribution in [0.15, 0.2) is 22.7 Å². The van der Waals surface area contributed by atoms with Crippen molar-refractivity contribution >= 4 is 32.7 Å². The van der Waals surface area contributed by atoms with Gasteiger partial charge in [0.25, 0.3) is 5.91 Å². The monoisotopic (exact) mass is 296 g/mol. The van der Waals surface area contributed by atoms with Gasteiger partial charge in [-0.05, 0) is 34.1 Å². The molecule has 17 heavy (non-hydrogen) atoms. The SMILES string of the molecule is COc1ccc(Br)c2[nH]c(C(=O)N(C)C)cc12. The zero-order chi connectivity index (χ0) is 12.6. The Hall–Kier alpha value is -1.49. The van der Waals surface area contributed by atoms with E-state index in [2.05, 4.69) is 20.9 Å². The lowest BCUT2D eigenvalue weighted by Gasteiger charge is -2.07. The molecular formula is C12H13BrN2O2. The molecule has 0 fully saturated rings. The van der Waals surface area contributed by atoms with Crippen molar-refractivity contribution in [3.63, 3.8) is 0 Å². The van der Waals surface area contributed by atoms with Gasteiger partial charge in [0.15, 0.2) is 0 Å². The van der Waals surface area contributed by atoms with Crippen molar-refractivity contribution in [3.05, 3.63) is 28.4 Å². The van der Waals surface area contributed by atoms with Gasteiger partial charge in [0.05, 0.1) is 12.6 Å². The summed E-state index contributed by atoms with van der Waals surface area (Å²) >= 11 is 3.45. The molecule has 1 amide bonds. The molecule has 1 aromatic heterocycles. The summed E-state index contributed by atoms with van der Waals surface area (Å²) in [5.41, 5.74) is 1.42. The molecule has 0 saturated heterocycles. The summed E-state index contributed by atoms with van der Waals surface area (Å²) in [7, 11) is 5.06. The van der Waals surface area contributed by atoms with Gasteiger partial charge in [-0.25, -0.2) is 0 Å². The number of hydrogen-bond acceptors (Lipinski definition) is 2. The van der Waals surface area contributed by atoms with E-state index < -0.39 is 0 Å². The summed E-state index contributed by atoms with van der Waals surface area (Å²) in [6.07, 6.45) is 0. The van der Waals surface area contributed by atoms with Crippen molar-refractivity contribution in [2.45, 2.75) is 0 Å². The van der Waals surface area contributed by atoms with E-state index in [9.17, 15) is 4.79 Å². The van der Waals surface area contributed by atoms with Gasteiger partial charge in [0.1, 0.15) is 11.4 Å². The fourth-order valence-electron chi connectivity index (χ4n) is 1.69. The van der Waals surface area contributed by atoms with E-state index in [1.54, 1.807) is 27.3 Å². The number of nitrogens with one attached hydrogen (secondary N) is 1. The van der Waals surface area contributed by atoms with Crippen LogP contribution in [0.5, 0.6) is 5.75 Å². The van der Waals surface area contributed by atoms with Crippen LogP contribution >= 0.6 is 15.9 Å². The van der Waals surface area contributed by atoms with Gasteiger partial charge in [0.2, 0.25) is 0 Å². The topological polar surface area (TPSA) is 45.3 Å². The van der Waals surface area contributed by atoms with Crippen LogP contribution in [0.3, 0.4) is 0 Å². The first-order chi connectivity index (χ1) is 8.04. The minimum absolute atomic E-state index is 0.0600. The number of H-pyrrole nitrogens is 1. The maximum absolute atomic E-state index is 11.9. The van der Waals surface area contributed by atoms with E-state index >= 15 is 0 Å². The van der Waals surface area contributed by atoms with Crippen molar-refractivity contribution in [3.8, 4) is 5.75 Å². The number of carbonyl (C=O) groups excluding carboxylic acids is 1. The summed E-state index contributed by atoms with van der Waals surface area (Å²) in [4.78, 5) is 16.5. The molecule has 2 aromatic rings. The molecule has 0 unspecified atom stereocenters. The predicted molar refractivity (Wildman–Crippen MR) is 70.6 cm³/mol. The molecule has 0 atom stereocenters. The smallest absolute Gasteiger partial charge is 0.269 e. The molecule has 5 heteroatoms. The van der Waals surface area contributed by atoms with E-state index in [1.807, 2.05) is 12.1 Å². The third-order valence-corrected chi connectivity index (χ3v) is 3.22. The van der Waals surface area contributed by atoms with Crippen molar-refractivity contribution in [1.82, 2.24) is 9.88 Å². The first-order valence-electron chi connectivity index (χ1n) is 5.11. The second kappa shape index (κ2) is 4.41. The highest BCUT2D eigenvalue weighted by molar-refractivity contribution is 9.10. The molecule has 0 bridgehead atoms. The number of amides is 1. The summed E-state index contributed by atoms with van der Waals surface area (Å²) in [6.45, 7) is 0. The van der Waals surface area contributed by atoms with Crippen molar-refractivity contribution in [2.24, 2.45) is 0 Å². The summed E-state index contributed by atoms with van der Waals surface area (Å²) in [6, 6.07) is 5.56. The first kappa shape index (κ1) is 12.0. The average Bonchev–Trinajstić information content (AvgIpc) is 2.74. The number of methoxy groups -OCH3 is 1. The number of aromatic nitrogens is 1. The zero-order valence-corrected chi connectivity index (χ0v) is 11.5. The van der Waals surface area contributed by atoms with Gasteiger partial charge in [-0.2, -0.15) is 0 Å². The van der Waals surface area contributed by atoms with Crippen LogP contribution in [-0.2, 0) is 0 Å². The first-order valence-corrected chi connectivity index (χ1v) is 5.90. The molecule has 0 aliphatic rings. The van der Waals surface area contributed by atoms with E-state index in [0.717, 1.165) is 21.1 Å². The number of rotatable bonds is 2. The van der Waals surface area contributed by atoms with Gasteiger partial charge in [-0.15, -0.1) is 0 Å². The maximum atomic E-state index is 11.9. The summed E-state index contributed by atoms with van der Waals surface area (Å²) in [5, 5.41) is 0.895. The molecule has 4 nitrogen and oxygen atoms in total. The Morgan fingerprint density at radius 2 is 2.12 bits per heavy atom. The molecule has 0 aliphatic carbocycles. The van der Waals surface area contributed by atoms with Gasteiger partial charge in [-0.1, -0.05) is 0 Å². The maximum Gasteiger partial charge on any atom is 0.269 e. The lowest BCUT2D eigenvalue weighted by atomic mass is 10.2. The predicted octanol–water partition coefficient (Wildman–Crippen LogP) is 2.64. The Labute approximate surface area is 108 Å². The minimum Gasteiger partial charge on any atom is -0.496 e. The van der Waals surface area contributed by atoms with Crippen LogP contribution in [-0.4, -0.2) is 37.0 Å². The van der Waals surface area contributed by atoms with Gasteiger partial charge in [-0.3, -0.25) is 4.79 Å². The number of halogens is 1. The Morgan fingerprint density at radius 3 is 2.71 bits per heavy atom. The fraction of sp³-hybridized carbons (Fsp3) is 0.250. The highest BCUT2D eigenvalue weighted by Crippen LogP contribution is 2.32. The highest BCUT2D eigenvalue weighted by atomic mass is 79.9. The third-order valence-electron chi connectivity index (χ3n) is 2.56. The fourth-order valence-corrected chi connectivity index (χ4v) is 2.14. The standard InChI is InChI=1S/C12H13BrN2O2/c1-15(2)12(16)9-6-7-10(17-3)5-4-8(13)11(7)14-9/h4-6,14H,1-3H3. The minimum atomic E-state index is -0.0600. The van der Waals surface area contributed by atoms with Crippen LogP contribution in [0.25, 0.3) is 10.9 Å². The molecule has 2 rings (SSSR count). The average molecular weight is 297 g/mol. The van der Waals surface area contributed by atoms with E-state index in [1.165, 1.54) is 4.90 Å². The molecule has 1 heterocycles. The van der Waals surface area contributed by atoms with Crippen LogP contribution < -0.4 is 4.74 Å². The van der Waals surface area contributed by atoms with Crippen molar-refractivity contribution < 1.29 is 9.53 Å². The van der Waals surface area contributed by atoms with Gasteiger partial charge in [0, 0.05) is 24.0 Å². The number of benzene rings is 1. The molecule has 90 valence electrons. The molecule has 1 aromatic carbocycles. The highest BCUT2D eigenvalue weighted by Gasteiger charge is 2.15. The van der Waals surface area contributed by atoms with Gasteiger partial charge >= 0.3 is 0 Å². The van der Waals surface area contributed by atoms with E-state index in [4.69, 9.17) is 4.74 Å². The Bertz CT molecular complexity index is 575. The molecule has 1 N–H and O–H groups in total. The van der Waals surface area contributed by atoms with Crippen LogP contribution in [0, 0.1) is 0 Å². The van der Waals surface area contributed by atoms with Crippen LogP contribution in [0.1, 0.15) is 10.5 Å². The van der Waals surface area contributed by atoms with Crippen molar-refractivity contribution in [1.29, 1.82) is 0 Å². The number of hydrogen-bond donors (Lipinski definition) is 1. The Morgan fingerprint density at radius 1 is 1.41 bits per heavy atom. The van der Waals surface area contributed by atoms with E-state index in [-0.39, 0.29) is 5.91 Å². The Kier molecular flexibility index (Phi) is 3.11. The molecular weight excluding hydrogens is 284 g/mol. The summed E-state index contributed by atoms with van der Waals surface area (Å²) in [5.74, 6) is 0.687. The molecule has 0 aliphatic heterocycles. The molecule has 0 saturated carbocycles. The quantitative estimate of drug-likeness (QED) is 0.926. The largest absolute Gasteiger partial charge is 0.496 e. The third kappa shape index (κ3) is 2.02. The number of nitrogens with zero attached hydrogens (tertiary/aromatic N) is 1. The lowest BCUT2D eigenvalue weighted by Crippen LogP contribution is -2.21. The molecule has 0 radical (unpaired) electrons. The van der Waals surface area contributed by atoms with Gasteiger partial charge < -0.3 is 14.6 Å². The number of fused-ring (bicyclic) bond motifs is 1. The van der Waals surface area contributed by atoms with E-state index in [0.29, 0.717) is 5.69 Å². The molecule has 0 spiro atoms. The Balaban J connectivity index is 2.64. The normalized spacial score (nSPS) is 10.6. The second-order valence-corrected chi connectivity index (χ2v) is 4.78. The van der Waals surface area contributed by atoms with Crippen LogP contribution in [0.2, 0.25) is 0 Å². The second-order valence-electron chi connectivity index (χ2n) is 3.92.